The normalized spacial score (nSPS) is 10.3. The van der Waals surface area contributed by atoms with Gasteiger partial charge in [-0.1, -0.05) is 11.6 Å². The molecule has 0 aliphatic carbocycles. The lowest BCUT2D eigenvalue weighted by Gasteiger charge is -2.12. The molecule has 0 unspecified atom stereocenters. The Morgan fingerprint density at radius 3 is 2.68 bits per heavy atom. The summed E-state index contributed by atoms with van der Waals surface area (Å²) >= 11 is 6.09. The summed E-state index contributed by atoms with van der Waals surface area (Å²) in [5, 5.41) is 0.408. The lowest BCUT2D eigenvalue weighted by Crippen LogP contribution is -1.96. The second kappa shape index (κ2) is 5.85. The number of aldehydes is 1. The molecule has 0 aliphatic rings. The Labute approximate surface area is 115 Å². The third kappa shape index (κ3) is 2.93. The molecule has 0 amide bonds. The average molecular weight is 279 g/mol. The van der Waals surface area contributed by atoms with Gasteiger partial charge in [-0.15, -0.1) is 0 Å². The fraction of sp³-hybridized carbons (Fsp3) is 0.133. The highest BCUT2D eigenvalue weighted by Gasteiger charge is 2.12. The van der Waals surface area contributed by atoms with Crippen LogP contribution in [0.1, 0.15) is 17.3 Å². The van der Waals surface area contributed by atoms with E-state index < -0.39 is 5.82 Å². The van der Waals surface area contributed by atoms with E-state index in [1.807, 2.05) is 6.92 Å². The Bertz CT molecular complexity index is 611. The lowest BCUT2D eigenvalue weighted by atomic mass is 10.0. The minimum Gasteiger partial charge on any atom is -0.493 e. The average Bonchev–Trinajstić information content (AvgIpc) is 2.42. The number of rotatable bonds is 4. The second-order valence-corrected chi connectivity index (χ2v) is 4.34. The van der Waals surface area contributed by atoms with Crippen LogP contribution in [0.4, 0.5) is 4.39 Å². The molecular formula is C15H12ClFO2. The van der Waals surface area contributed by atoms with Crippen molar-refractivity contribution in [3.8, 4) is 16.9 Å². The van der Waals surface area contributed by atoms with Crippen molar-refractivity contribution in [1.82, 2.24) is 0 Å². The summed E-state index contributed by atoms with van der Waals surface area (Å²) < 4.78 is 18.9. The quantitative estimate of drug-likeness (QED) is 0.777. The highest BCUT2D eigenvalue weighted by atomic mass is 35.5. The van der Waals surface area contributed by atoms with E-state index in [1.54, 1.807) is 18.2 Å². The maximum Gasteiger partial charge on any atom is 0.150 e. The van der Waals surface area contributed by atoms with Crippen molar-refractivity contribution in [3.05, 3.63) is 52.8 Å². The van der Waals surface area contributed by atoms with Crippen LogP contribution in [0.15, 0.2) is 36.4 Å². The molecule has 0 aliphatic heterocycles. The van der Waals surface area contributed by atoms with Gasteiger partial charge < -0.3 is 4.74 Å². The van der Waals surface area contributed by atoms with Crippen LogP contribution in [0.3, 0.4) is 0 Å². The van der Waals surface area contributed by atoms with Crippen LogP contribution >= 0.6 is 11.6 Å². The first kappa shape index (κ1) is 13.6. The first-order valence-electron chi connectivity index (χ1n) is 5.83. The second-order valence-electron chi connectivity index (χ2n) is 3.93. The molecule has 98 valence electrons. The summed E-state index contributed by atoms with van der Waals surface area (Å²) in [7, 11) is 0. The number of carbonyl (C=O) groups excluding carboxylic acids is 1. The van der Waals surface area contributed by atoms with Gasteiger partial charge >= 0.3 is 0 Å². The lowest BCUT2D eigenvalue weighted by molar-refractivity contribution is 0.112. The summed E-state index contributed by atoms with van der Waals surface area (Å²) in [5.74, 6) is 0.180. The maximum atomic E-state index is 13.4. The number of halogens is 2. The molecular weight excluding hydrogens is 267 g/mol. The summed E-state index contributed by atoms with van der Waals surface area (Å²) in [6, 6.07) is 9.07. The van der Waals surface area contributed by atoms with Gasteiger partial charge in [0.2, 0.25) is 0 Å². The van der Waals surface area contributed by atoms with E-state index in [9.17, 15) is 9.18 Å². The Kier molecular flexibility index (Phi) is 4.17. The van der Waals surface area contributed by atoms with Gasteiger partial charge in [0.05, 0.1) is 6.61 Å². The van der Waals surface area contributed by atoms with E-state index in [1.165, 1.54) is 18.2 Å². The van der Waals surface area contributed by atoms with Gasteiger partial charge in [0.1, 0.15) is 17.9 Å². The summed E-state index contributed by atoms with van der Waals surface area (Å²) in [4.78, 5) is 10.9. The van der Waals surface area contributed by atoms with Gasteiger partial charge in [-0.3, -0.25) is 4.79 Å². The minimum absolute atomic E-state index is 0.390. The standard InChI is InChI=1S/C15H12ClFO2/c1-2-19-15-6-3-10(9-18)7-13(15)12-8-11(17)4-5-14(12)16/h3-9H,2H2,1H3. The van der Waals surface area contributed by atoms with Gasteiger partial charge in [0.15, 0.2) is 0 Å². The molecule has 4 heteroatoms. The number of benzene rings is 2. The molecule has 0 radical (unpaired) electrons. The smallest absolute Gasteiger partial charge is 0.150 e. The molecule has 0 atom stereocenters. The van der Waals surface area contributed by atoms with Gasteiger partial charge in [0.25, 0.3) is 0 Å². The molecule has 19 heavy (non-hydrogen) atoms. The zero-order valence-corrected chi connectivity index (χ0v) is 11.1. The van der Waals surface area contributed by atoms with Gasteiger partial charge in [-0.25, -0.2) is 4.39 Å². The van der Waals surface area contributed by atoms with Crippen LogP contribution in [0, 0.1) is 5.82 Å². The SMILES string of the molecule is CCOc1ccc(C=O)cc1-c1cc(F)ccc1Cl. The minimum atomic E-state index is -0.390. The largest absolute Gasteiger partial charge is 0.493 e. The Hall–Kier alpha value is -1.87. The van der Waals surface area contributed by atoms with E-state index in [4.69, 9.17) is 16.3 Å². The number of carbonyl (C=O) groups is 1. The van der Waals surface area contributed by atoms with Crippen LogP contribution in [-0.2, 0) is 0 Å². The van der Waals surface area contributed by atoms with Gasteiger partial charge in [0, 0.05) is 21.7 Å². The molecule has 0 saturated heterocycles. The summed E-state index contributed by atoms with van der Waals surface area (Å²) in [6.07, 6.45) is 0.729. The first-order valence-corrected chi connectivity index (χ1v) is 6.21. The number of hydrogen-bond acceptors (Lipinski definition) is 2. The van der Waals surface area contributed by atoms with Crippen LogP contribution in [0.25, 0.3) is 11.1 Å². The zero-order valence-electron chi connectivity index (χ0n) is 10.3. The van der Waals surface area contributed by atoms with Gasteiger partial charge in [-0.2, -0.15) is 0 Å². The van der Waals surface area contributed by atoms with Gasteiger partial charge in [-0.05, 0) is 43.3 Å². The van der Waals surface area contributed by atoms with E-state index >= 15 is 0 Å². The van der Waals surface area contributed by atoms with E-state index in [0.29, 0.717) is 34.1 Å². The molecule has 0 spiro atoms. The van der Waals surface area contributed by atoms with Crippen molar-refractivity contribution in [1.29, 1.82) is 0 Å². The Balaban J connectivity index is 2.63. The Morgan fingerprint density at radius 1 is 1.21 bits per heavy atom. The first-order chi connectivity index (χ1) is 9.15. The molecule has 2 aromatic carbocycles. The molecule has 2 aromatic rings. The summed E-state index contributed by atoms with van der Waals surface area (Å²) in [5.41, 5.74) is 1.60. The van der Waals surface area contributed by atoms with E-state index in [-0.39, 0.29) is 0 Å². The van der Waals surface area contributed by atoms with Crippen LogP contribution in [-0.4, -0.2) is 12.9 Å². The highest BCUT2D eigenvalue weighted by molar-refractivity contribution is 6.33. The molecule has 0 fully saturated rings. The molecule has 0 N–H and O–H groups in total. The van der Waals surface area contributed by atoms with E-state index in [2.05, 4.69) is 0 Å². The van der Waals surface area contributed by atoms with Crippen LogP contribution in [0.5, 0.6) is 5.75 Å². The molecule has 0 bridgehead atoms. The maximum absolute atomic E-state index is 13.4. The molecule has 0 aromatic heterocycles. The highest BCUT2D eigenvalue weighted by Crippen LogP contribution is 2.35. The third-order valence-electron chi connectivity index (χ3n) is 2.66. The predicted octanol–water partition coefficient (Wildman–Crippen LogP) is 4.36. The zero-order chi connectivity index (χ0) is 13.8. The predicted molar refractivity (Wildman–Crippen MR) is 73.4 cm³/mol. The van der Waals surface area contributed by atoms with Crippen molar-refractivity contribution in [3.63, 3.8) is 0 Å². The molecule has 0 heterocycles. The van der Waals surface area contributed by atoms with Crippen LogP contribution in [0.2, 0.25) is 5.02 Å². The third-order valence-corrected chi connectivity index (χ3v) is 2.99. The Morgan fingerprint density at radius 2 is 2.00 bits per heavy atom. The van der Waals surface area contributed by atoms with E-state index in [0.717, 1.165) is 6.29 Å². The van der Waals surface area contributed by atoms with Crippen molar-refractivity contribution in [2.24, 2.45) is 0 Å². The molecule has 2 rings (SSSR count). The van der Waals surface area contributed by atoms with Crippen molar-refractivity contribution < 1.29 is 13.9 Å². The van der Waals surface area contributed by atoms with Crippen molar-refractivity contribution in [2.45, 2.75) is 6.92 Å². The number of ether oxygens (including phenoxy) is 1. The molecule has 2 nitrogen and oxygen atoms in total. The topological polar surface area (TPSA) is 26.3 Å². The van der Waals surface area contributed by atoms with Crippen molar-refractivity contribution >= 4 is 17.9 Å². The monoisotopic (exact) mass is 278 g/mol. The van der Waals surface area contributed by atoms with Crippen molar-refractivity contribution in [2.75, 3.05) is 6.61 Å². The number of hydrogen-bond donors (Lipinski definition) is 0. The molecule has 0 saturated carbocycles. The summed E-state index contributed by atoms with van der Waals surface area (Å²) in [6.45, 7) is 2.32. The fourth-order valence-electron chi connectivity index (χ4n) is 1.82. The fourth-order valence-corrected chi connectivity index (χ4v) is 2.04. The van der Waals surface area contributed by atoms with Crippen LogP contribution < -0.4 is 4.74 Å².